The van der Waals surface area contributed by atoms with Crippen LogP contribution < -0.4 is 0 Å². The van der Waals surface area contributed by atoms with E-state index in [2.05, 4.69) is 29.4 Å². The summed E-state index contributed by atoms with van der Waals surface area (Å²) in [5.74, 6) is 0. The minimum atomic E-state index is 0. The molecule has 0 fully saturated rings. The molecule has 0 rings (SSSR count). The number of hydrogen-bond acceptors (Lipinski definition) is 3. The van der Waals surface area contributed by atoms with Gasteiger partial charge in [-0.1, -0.05) is 0 Å². The van der Waals surface area contributed by atoms with E-state index in [-0.39, 0.29) is 29.6 Å². The summed E-state index contributed by atoms with van der Waals surface area (Å²) < 4.78 is 3.64. The van der Waals surface area contributed by atoms with Gasteiger partial charge < -0.3 is 0 Å². The van der Waals surface area contributed by atoms with Crippen molar-refractivity contribution in [1.29, 1.82) is 0 Å². The van der Waals surface area contributed by atoms with Gasteiger partial charge in [0.25, 0.3) is 0 Å². The third-order valence-electron chi connectivity index (χ3n) is 0. The van der Waals surface area contributed by atoms with Gasteiger partial charge in [0, 0.05) is 0 Å². The predicted molar refractivity (Wildman–Crippen MR) is 26.2 cm³/mol. The van der Waals surface area contributed by atoms with E-state index in [1.54, 1.807) is 0 Å². The van der Waals surface area contributed by atoms with Gasteiger partial charge in [-0.2, -0.15) is 0 Å². The average Bonchev–Trinajstić information content (AvgIpc) is 0.918. The van der Waals surface area contributed by atoms with E-state index in [0.717, 1.165) is 0 Å². The number of rotatable bonds is 0. The Hall–Kier alpha value is 1.66. The van der Waals surface area contributed by atoms with Crippen LogP contribution >= 0.6 is 25.8 Å². The van der Waals surface area contributed by atoms with Gasteiger partial charge in [0.2, 0.25) is 0 Å². The van der Waals surface area contributed by atoms with Crippen LogP contribution in [-0.4, -0.2) is 29.6 Å². The van der Waals surface area contributed by atoms with Crippen molar-refractivity contribution in [3.8, 4) is 0 Å². The van der Waals surface area contributed by atoms with Crippen LogP contribution in [0.5, 0.6) is 0 Å². The first-order valence-electron chi connectivity index (χ1n) is 0.365. The summed E-state index contributed by atoms with van der Waals surface area (Å²) >= 11 is 6.31. The zero-order valence-electron chi connectivity index (χ0n) is 1.30. The maximum absolute atomic E-state index is 3.64. The van der Waals surface area contributed by atoms with Crippen LogP contribution in [0, 0.1) is 0 Å². The molecule has 0 bridgehead atoms. The molecule has 0 radical (unpaired) electrons. The van der Waals surface area contributed by atoms with E-state index in [1.807, 2.05) is 0 Å². The van der Waals surface area contributed by atoms with Crippen LogP contribution in [0.1, 0.15) is 0 Å². The molecule has 0 aliphatic carbocycles. The van der Waals surface area contributed by atoms with Crippen LogP contribution in [0.25, 0.3) is 0 Å². The van der Waals surface area contributed by atoms with E-state index in [1.165, 1.54) is 0 Å². The van der Waals surface area contributed by atoms with Crippen molar-refractivity contribution in [1.82, 2.24) is 0 Å². The maximum atomic E-state index is 3.64. The van der Waals surface area contributed by atoms with Gasteiger partial charge in [0.1, 0.15) is 0 Å². The minimum absolute atomic E-state index is 0. The molecule has 0 amide bonds. The second-order valence-corrected chi connectivity index (χ2v) is 0.735. The Balaban J connectivity index is 0. The normalized spacial score (nSPS) is 4.50. The van der Waals surface area contributed by atoms with Gasteiger partial charge in [-0.05, 0) is 25.8 Å². The van der Waals surface area contributed by atoms with Gasteiger partial charge in [0.05, 0.1) is 0 Å². The average molecular weight is 106 g/mol. The molecule has 0 aromatic heterocycles. The van der Waals surface area contributed by atoms with Crippen LogP contribution in [-0.2, 0) is 3.63 Å². The van der Waals surface area contributed by atoms with Gasteiger partial charge in [0.15, 0.2) is 0 Å². The fourth-order valence-corrected chi connectivity index (χ4v) is 0. The van der Waals surface area contributed by atoms with E-state index >= 15 is 0 Å². The van der Waals surface area contributed by atoms with Gasteiger partial charge in [-0.3, -0.25) is 3.63 Å². The molecule has 0 aromatic carbocycles. The van der Waals surface area contributed by atoms with E-state index < -0.39 is 0 Å². The molecule has 0 N–H and O–H groups in total. The van der Waals surface area contributed by atoms with Crippen LogP contribution in [0.4, 0.5) is 0 Å². The molecule has 4 heteroatoms. The summed E-state index contributed by atoms with van der Waals surface area (Å²) in [4.78, 5) is 0. The molecule has 0 unspecified atom stereocenters. The number of thiol groups is 2. The summed E-state index contributed by atoms with van der Waals surface area (Å²) in [7, 11) is 0. The summed E-state index contributed by atoms with van der Waals surface area (Å²) in [6, 6.07) is 0. The van der Waals surface area contributed by atoms with Gasteiger partial charge >= 0.3 is 29.6 Å². The molecule has 0 saturated carbocycles. The Morgan fingerprint density at radius 2 is 1.25 bits per heavy atom. The van der Waals surface area contributed by atoms with Crippen molar-refractivity contribution in [2.75, 3.05) is 0 Å². The third-order valence-corrected chi connectivity index (χ3v) is 0. The van der Waals surface area contributed by atoms with E-state index in [9.17, 15) is 0 Å². The fraction of sp³-hybridized carbons (Fsp3) is 0. The van der Waals surface area contributed by atoms with Crippen LogP contribution in [0.2, 0.25) is 0 Å². The zero-order chi connectivity index (χ0) is 2.71. The second-order valence-electron chi connectivity index (χ2n) is 0.0816. The first kappa shape index (κ1) is 9.18. The molecule has 0 aliphatic rings. The number of hydrogen-bond donors (Lipinski definition) is 2. The third kappa shape index (κ3) is 9.40. The Labute approximate surface area is 58.6 Å². The summed E-state index contributed by atoms with van der Waals surface area (Å²) in [5.41, 5.74) is 0. The van der Waals surface area contributed by atoms with Gasteiger partial charge in [-0.15, -0.1) is 0 Å². The van der Waals surface area contributed by atoms with Crippen molar-refractivity contribution in [3.63, 3.8) is 0 Å². The standard InChI is InChI=1S/Na.H2OS2.H/c;2-1-3;/h;2-3H;. The van der Waals surface area contributed by atoms with Crippen LogP contribution in [0.15, 0.2) is 0 Å². The predicted octanol–water partition coefficient (Wildman–Crippen LogP) is 0.0441. The Bertz CT molecular complexity index is 6.00. The monoisotopic (exact) mass is 106 g/mol. The molecule has 1 nitrogen and oxygen atoms in total. The topological polar surface area (TPSA) is 9.23 Å². The van der Waals surface area contributed by atoms with Crippen molar-refractivity contribution < 1.29 is 3.63 Å². The molecule has 0 aliphatic heterocycles. The molecule has 22 valence electrons. The molecule has 4 heavy (non-hydrogen) atoms. The first-order chi connectivity index (χ1) is 1.41. The quantitative estimate of drug-likeness (QED) is 0.252. The first-order valence-corrected chi connectivity index (χ1v) is 1.10. The SMILES string of the molecule is SOS.[NaH]. The molecular weight excluding hydrogens is 103 g/mol. The van der Waals surface area contributed by atoms with E-state index in [4.69, 9.17) is 0 Å². The van der Waals surface area contributed by atoms with Crippen molar-refractivity contribution >= 4 is 55.4 Å². The van der Waals surface area contributed by atoms with Crippen molar-refractivity contribution in [2.45, 2.75) is 0 Å². The zero-order valence-corrected chi connectivity index (χ0v) is 3.09. The Morgan fingerprint density at radius 3 is 1.25 bits per heavy atom. The molecule has 0 atom stereocenters. The molecule has 0 aromatic rings. The summed E-state index contributed by atoms with van der Waals surface area (Å²) in [6.45, 7) is 0. The Kier molecular flexibility index (Phi) is 20.2. The Morgan fingerprint density at radius 1 is 1.25 bits per heavy atom. The fourth-order valence-electron chi connectivity index (χ4n) is 0. The summed E-state index contributed by atoms with van der Waals surface area (Å²) in [6.07, 6.45) is 0. The molecule has 0 saturated heterocycles. The van der Waals surface area contributed by atoms with E-state index in [0.29, 0.717) is 0 Å². The van der Waals surface area contributed by atoms with Gasteiger partial charge in [-0.25, -0.2) is 0 Å². The van der Waals surface area contributed by atoms with Crippen molar-refractivity contribution in [2.24, 2.45) is 0 Å². The van der Waals surface area contributed by atoms with Crippen molar-refractivity contribution in [3.05, 3.63) is 0 Å². The summed E-state index contributed by atoms with van der Waals surface area (Å²) in [5, 5.41) is 0. The van der Waals surface area contributed by atoms with Crippen LogP contribution in [0.3, 0.4) is 0 Å². The second kappa shape index (κ2) is 8.82. The molecule has 0 heterocycles. The molecular formula is H3NaOS2. The molecule has 0 spiro atoms.